The molecule has 0 unspecified atom stereocenters. The van der Waals surface area contributed by atoms with Crippen molar-refractivity contribution in [1.82, 2.24) is 4.90 Å². The van der Waals surface area contributed by atoms with Crippen LogP contribution in [0.15, 0.2) is 48.2 Å². The Bertz CT molecular complexity index is 850. The predicted molar refractivity (Wildman–Crippen MR) is 103 cm³/mol. The molecule has 0 heterocycles. The van der Waals surface area contributed by atoms with E-state index in [-0.39, 0.29) is 11.3 Å². The molecule has 0 aliphatic carbocycles. The SMILES string of the molecule is COCCN(/C=C(/C#N)C(=O)Nc1cccc2c(O)cccc12)CCOC. The quantitative estimate of drug-likeness (QED) is 0.521. The summed E-state index contributed by atoms with van der Waals surface area (Å²) >= 11 is 0. The van der Waals surface area contributed by atoms with E-state index in [1.807, 2.05) is 6.07 Å². The Balaban J connectivity index is 2.24. The van der Waals surface area contributed by atoms with Gasteiger partial charge in [-0.3, -0.25) is 4.79 Å². The van der Waals surface area contributed by atoms with Gasteiger partial charge in [-0.15, -0.1) is 0 Å². The zero-order valence-electron chi connectivity index (χ0n) is 15.4. The average molecular weight is 369 g/mol. The maximum Gasteiger partial charge on any atom is 0.267 e. The molecule has 0 saturated heterocycles. The zero-order chi connectivity index (χ0) is 19.6. The molecule has 2 aromatic carbocycles. The number of rotatable bonds is 9. The molecular weight excluding hydrogens is 346 g/mol. The van der Waals surface area contributed by atoms with Crippen molar-refractivity contribution < 1.29 is 19.4 Å². The standard InChI is InChI=1S/C20H23N3O4/c1-26-11-9-23(10-12-27-2)14-15(13-21)20(25)22-18-7-3-6-17-16(18)5-4-8-19(17)24/h3-8,14,24H,9-12H2,1-2H3,(H,22,25)/b15-14-. The second kappa shape index (κ2) is 10.2. The molecule has 0 aromatic heterocycles. The van der Waals surface area contributed by atoms with Crippen LogP contribution in [-0.2, 0) is 14.3 Å². The summed E-state index contributed by atoms with van der Waals surface area (Å²) < 4.78 is 10.1. The van der Waals surface area contributed by atoms with Crippen LogP contribution < -0.4 is 5.32 Å². The molecule has 0 fully saturated rings. The lowest BCUT2D eigenvalue weighted by Gasteiger charge is -2.20. The Morgan fingerprint density at radius 2 is 1.78 bits per heavy atom. The molecule has 2 aromatic rings. The molecule has 0 aliphatic rings. The highest BCUT2D eigenvalue weighted by atomic mass is 16.5. The molecule has 0 aliphatic heterocycles. The third kappa shape index (κ3) is 5.45. The lowest BCUT2D eigenvalue weighted by molar-refractivity contribution is -0.112. The number of carbonyl (C=O) groups is 1. The molecular formula is C20H23N3O4. The van der Waals surface area contributed by atoms with E-state index in [1.54, 1.807) is 55.5 Å². The third-order valence-electron chi connectivity index (χ3n) is 3.99. The summed E-state index contributed by atoms with van der Waals surface area (Å²) in [7, 11) is 3.18. The van der Waals surface area contributed by atoms with Gasteiger partial charge in [-0.1, -0.05) is 24.3 Å². The van der Waals surface area contributed by atoms with Crippen molar-refractivity contribution in [3.8, 4) is 11.8 Å². The van der Waals surface area contributed by atoms with Gasteiger partial charge in [0.05, 0.1) is 13.2 Å². The molecule has 0 bridgehead atoms. The number of methoxy groups -OCH3 is 2. The molecule has 7 heteroatoms. The smallest absolute Gasteiger partial charge is 0.267 e. The molecule has 142 valence electrons. The third-order valence-corrected chi connectivity index (χ3v) is 3.99. The lowest BCUT2D eigenvalue weighted by atomic mass is 10.1. The van der Waals surface area contributed by atoms with E-state index >= 15 is 0 Å². The van der Waals surface area contributed by atoms with Crippen LogP contribution >= 0.6 is 0 Å². The summed E-state index contributed by atoms with van der Waals surface area (Å²) in [5.41, 5.74) is 0.495. The second-order valence-corrected chi connectivity index (χ2v) is 5.81. The first-order chi connectivity index (χ1) is 13.1. The van der Waals surface area contributed by atoms with Crippen LogP contribution in [0, 0.1) is 11.3 Å². The number of aromatic hydroxyl groups is 1. The molecule has 27 heavy (non-hydrogen) atoms. The summed E-state index contributed by atoms with van der Waals surface area (Å²) in [5, 5.41) is 23.5. The molecule has 0 saturated carbocycles. The number of hydrogen-bond donors (Lipinski definition) is 2. The largest absolute Gasteiger partial charge is 0.507 e. The van der Waals surface area contributed by atoms with Crippen LogP contribution in [0.25, 0.3) is 10.8 Å². The van der Waals surface area contributed by atoms with Gasteiger partial charge in [-0.25, -0.2) is 0 Å². The second-order valence-electron chi connectivity index (χ2n) is 5.81. The van der Waals surface area contributed by atoms with E-state index in [0.29, 0.717) is 42.8 Å². The number of ether oxygens (including phenoxy) is 2. The Morgan fingerprint density at radius 3 is 2.41 bits per heavy atom. The highest BCUT2D eigenvalue weighted by molar-refractivity contribution is 6.11. The highest BCUT2D eigenvalue weighted by Crippen LogP contribution is 2.29. The van der Waals surface area contributed by atoms with Crippen molar-refractivity contribution in [3.05, 3.63) is 48.2 Å². The molecule has 7 nitrogen and oxygen atoms in total. The van der Waals surface area contributed by atoms with E-state index in [2.05, 4.69) is 5.32 Å². The summed E-state index contributed by atoms with van der Waals surface area (Å²) in [5.74, 6) is -0.391. The minimum atomic E-state index is -0.520. The number of phenolic OH excluding ortho intramolecular Hbond substituents is 1. The Kier molecular flexibility index (Phi) is 7.62. The van der Waals surface area contributed by atoms with Crippen LogP contribution in [-0.4, -0.2) is 56.4 Å². The van der Waals surface area contributed by atoms with Gasteiger partial charge in [-0.2, -0.15) is 5.26 Å². The molecule has 1 amide bonds. The van der Waals surface area contributed by atoms with Crippen LogP contribution in [0.5, 0.6) is 5.75 Å². The van der Waals surface area contributed by atoms with Gasteiger partial charge in [0, 0.05) is 50.0 Å². The summed E-state index contributed by atoms with van der Waals surface area (Å²) in [6, 6.07) is 12.2. The fraction of sp³-hybridized carbons (Fsp3) is 0.300. The highest BCUT2D eigenvalue weighted by Gasteiger charge is 2.14. The number of anilines is 1. The predicted octanol–water partition coefficient (Wildman–Crippen LogP) is 2.49. The fourth-order valence-corrected chi connectivity index (χ4v) is 2.57. The van der Waals surface area contributed by atoms with Gasteiger partial charge < -0.3 is 24.8 Å². The number of phenols is 1. The number of nitriles is 1. The number of carbonyl (C=O) groups excluding carboxylic acids is 1. The monoisotopic (exact) mass is 369 g/mol. The number of fused-ring (bicyclic) bond motifs is 1. The number of amides is 1. The average Bonchev–Trinajstić information content (AvgIpc) is 2.68. The first-order valence-corrected chi connectivity index (χ1v) is 8.46. The van der Waals surface area contributed by atoms with Crippen molar-refractivity contribution in [2.75, 3.05) is 45.8 Å². The van der Waals surface area contributed by atoms with E-state index in [0.717, 1.165) is 0 Å². The molecule has 0 spiro atoms. The van der Waals surface area contributed by atoms with Gasteiger partial charge in [0.1, 0.15) is 17.4 Å². The first kappa shape index (κ1) is 20.2. The van der Waals surface area contributed by atoms with E-state index in [4.69, 9.17) is 9.47 Å². The summed E-state index contributed by atoms with van der Waals surface area (Å²) in [6.07, 6.45) is 1.51. The van der Waals surface area contributed by atoms with Gasteiger partial charge in [0.15, 0.2) is 0 Å². The minimum absolute atomic E-state index is 0.0284. The molecule has 2 rings (SSSR count). The maximum absolute atomic E-state index is 12.6. The Labute approximate surface area is 158 Å². The normalized spacial score (nSPS) is 11.2. The number of nitrogens with one attached hydrogen (secondary N) is 1. The lowest BCUT2D eigenvalue weighted by Crippen LogP contribution is -2.27. The molecule has 0 atom stereocenters. The topological polar surface area (TPSA) is 94.8 Å². The molecule has 2 N–H and O–H groups in total. The van der Waals surface area contributed by atoms with Crippen LogP contribution in [0.4, 0.5) is 5.69 Å². The number of nitrogens with zero attached hydrogens (tertiary/aromatic N) is 2. The van der Waals surface area contributed by atoms with Crippen molar-refractivity contribution >= 4 is 22.4 Å². The molecule has 0 radical (unpaired) electrons. The van der Waals surface area contributed by atoms with Crippen molar-refractivity contribution in [3.63, 3.8) is 0 Å². The summed E-state index contributed by atoms with van der Waals surface area (Å²) in [6.45, 7) is 1.98. The van der Waals surface area contributed by atoms with Crippen molar-refractivity contribution in [1.29, 1.82) is 5.26 Å². The van der Waals surface area contributed by atoms with Crippen LogP contribution in [0.1, 0.15) is 0 Å². The van der Waals surface area contributed by atoms with Crippen molar-refractivity contribution in [2.24, 2.45) is 0 Å². The fourth-order valence-electron chi connectivity index (χ4n) is 2.57. The van der Waals surface area contributed by atoms with Gasteiger partial charge in [0.2, 0.25) is 0 Å². The van der Waals surface area contributed by atoms with Crippen LogP contribution in [0.3, 0.4) is 0 Å². The Hall–Kier alpha value is -3.08. The van der Waals surface area contributed by atoms with Gasteiger partial charge in [0.25, 0.3) is 5.91 Å². The number of hydrogen-bond acceptors (Lipinski definition) is 6. The number of benzene rings is 2. The van der Waals surface area contributed by atoms with E-state index in [9.17, 15) is 15.2 Å². The van der Waals surface area contributed by atoms with E-state index < -0.39 is 5.91 Å². The van der Waals surface area contributed by atoms with Crippen LogP contribution in [0.2, 0.25) is 0 Å². The first-order valence-electron chi connectivity index (χ1n) is 8.46. The maximum atomic E-state index is 12.6. The van der Waals surface area contributed by atoms with Gasteiger partial charge >= 0.3 is 0 Å². The zero-order valence-corrected chi connectivity index (χ0v) is 15.4. The minimum Gasteiger partial charge on any atom is -0.507 e. The Morgan fingerprint density at radius 1 is 1.15 bits per heavy atom. The van der Waals surface area contributed by atoms with Crippen molar-refractivity contribution in [2.45, 2.75) is 0 Å². The van der Waals surface area contributed by atoms with Gasteiger partial charge in [-0.05, 0) is 12.1 Å². The van der Waals surface area contributed by atoms with E-state index in [1.165, 1.54) is 6.20 Å². The summed E-state index contributed by atoms with van der Waals surface area (Å²) in [4.78, 5) is 14.4.